The number of carbonyl (C=O) groups is 2. The van der Waals surface area contributed by atoms with Crippen LogP contribution in [0.4, 0.5) is 0 Å². The Morgan fingerprint density at radius 2 is 1.23 bits per heavy atom. The smallest absolute Gasteiger partial charge is 0.306 e. The summed E-state index contributed by atoms with van der Waals surface area (Å²) in [7, 11) is 0. The molecule has 0 spiro atoms. The molecule has 1 aliphatic carbocycles. The Hall–Kier alpha value is -1.27. The number of hydrogen-bond acceptors (Lipinski definition) is 6. The third kappa shape index (κ3) is 21.6. The zero-order valence-electron chi connectivity index (χ0n) is 35.3. The molecule has 6 heteroatoms. The van der Waals surface area contributed by atoms with Crippen molar-refractivity contribution in [1.82, 2.24) is 4.31 Å². The van der Waals surface area contributed by atoms with Crippen molar-refractivity contribution in [2.45, 2.75) is 214 Å². The number of hydrogen-bond donors (Lipinski definition) is 1. The van der Waals surface area contributed by atoms with Crippen molar-refractivity contribution in [2.75, 3.05) is 19.7 Å². The molecular weight excluding hydrogens is 675 g/mol. The third-order valence-electron chi connectivity index (χ3n) is 12.4. The molecule has 0 radical (unpaired) electrons. The fourth-order valence-corrected chi connectivity index (χ4v) is 9.15. The summed E-state index contributed by atoms with van der Waals surface area (Å²) in [5.74, 6) is 2.93. The fraction of sp³-hybridized carbons (Fsp3) is 0.872. The van der Waals surface area contributed by atoms with Gasteiger partial charge in [-0.1, -0.05) is 156 Å². The first-order valence-electron chi connectivity index (χ1n) is 22.9. The van der Waals surface area contributed by atoms with Gasteiger partial charge in [-0.15, -0.1) is 0 Å². The van der Waals surface area contributed by atoms with E-state index in [1.165, 1.54) is 109 Å². The van der Waals surface area contributed by atoms with E-state index in [2.05, 4.69) is 59.2 Å². The van der Waals surface area contributed by atoms with E-state index in [-0.39, 0.29) is 23.9 Å². The maximum atomic E-state index is 13.4. The molecule has 0 bridgehead atoms. The van der Waals surface area contributed by atoms with E-state index in [0.717, 1.165) is 76.6 Å². The second-order valence-corrected chi connectivity index (χ2v) is 17.4. The number of unbranched alkanes of at least 4 members (excludes halogenated alkanes) is 13. The van der Waals surface area contributed by atoms with E-state index >= 15 is 0 Å². The van der Waals surface area contributed by atoms with E-state index in [9.17, 15) is 9.59 Å². The number of piperidine rings is 1. The Morgan fingerprint density at radius 1 is 0.698 bits per heavy atom. The molecule has 0 aromatic carbocycles. The SMILES string of the molecule is C=C(OC(CCCCCCCC)CCOC(=O)CC1CCC(CC(=O)C2CCN(S)CC2)C1C/C=C\CC)C(CCCCCC)CCCCCCCC. The molecule has 5 atom stereocenters. The van der Waals surface area contributed by atoms with Crippen LogP contribution in [0.2, 0.25) is 0 Å². The van der Waals surface area contributed by atoms with Gasteiger partial charge in [-0.2, -0.15) is 0 Å². The van der Waals surface area contributed by atoms with Crippen molar-refractivity contribution in [3.8, 4) is 0 Å². The van der Waals surface area contributed by atoms with Crippen LogP contribution >= 0.6 is 12.8 Å². The summed E-state index contributed by atoms with van der Waals surface area (Å²) in [6, 6.07) is 0. The Kier molecular flexibility index (Phi) is 27.9. The van der Waals surface area contributed by atoms with Crippen LogP contribution in [0.5, 0.6) is 0 Å². The Balaban J connectivity index is 1.96. The minimum Gasteiger partial charge on any atom is -0.495 e. The van der Waals surface area contributed by atoms with Gasteiger partial charge in [0.05, 0.1) is 12.4 Å². The molecule has 5 nitrogen and oxygen atoms in total. The summed E-state index contributed by atoms with van der Waals surface area (Å²) in [6.07, 6.45) is 36.1. The summed E-state index contributed by atoms with van der Waals surface area (Å²) < 4.78 is 14.8. The number of rotatable bonds is 33. The van der Waals surface area contributed by atoms with Gasteiger partial charge in [0.1, 0.15) is 11.9 Å². The van der Waals surface area contributed by atoms with Crippen molar-refractivity contribution < 1.29 is 19.1 Å². The largest absolute Gasteiger partial charge is 0.495 e. The van der Waals surface area contributed by atoms with Gasteiger partial charge < -0.3 is 9.47 Å². The maximum absolute atomic E-state index is 13.4. The number of Topliss-reactive ketones (excluding diaryl/α,β-unsaturated/α-hetero) is 1. The lowest BCUT2D eigenvalue weighted by atomic mass is 9.80. The molecule has 5 unspecified atom stereocenters. The van der Waals surface area contributed by atoms with E-state index in [4.69, 9.17) is 9.47 Å². The van der Waals surface area contributed by atoms with Crippen molar-refractivity contribution in [2.24, 2.45) is 29.6 Å². The van der Waals surface area contributed by atoms with Crippen LogP contribution in [0.1, 0.15) is 207 Å². The highest BCUT2D eigenvalue weighted by molar-refractivity contribution is 7.77. The number of ether oxygens (including phenoxy) is 2. The second kappa shape index (κ2) is 30.9. The minimum atomic E-state index is -0.0818. The Labute approximate surface area is 334 Å². The van der Waals surface area contributed by atoms with Gasteiger partial charge in [-0.3, -0.25) is 13.9 Å². The van der Waals surface area contributed by atoms with Gasteiger partial charge in [0.25, 0.3) is 0 Å². The van der Waals surface area contributed by atoms with Gasteiger partial charge in [-0.05, 0) is 82.0 Å². The first kappa shape index (κ1) is 47.9. The van der Waals surface area contributed by atoms with E-state index in [1.807, 2.05) is 4.31 Å². The molecular formula is C47H85NO4S. The number of ketones is 1. The van der Waals surface area contributed by atoms with Gasteiger partial charge in [0, 0.05) is 44.2 Å². The van der Waals surface area contributed by atoms with Crippen molar-refractivity contribution in [3.63, 3.8) is 0 Å². The highest BCUT2D eigenvalue weighted by atomic mass is 32.1. The van der Waals surface area contributed by atoms with E-state index in [1.54, 1.807) is 0 Å². The predicted molar refractivity (Wildman–Crippen MR) is 229 cm³/mol. The molecule has 0 amide bonds. The lowest BCUT2D eigenvalue weighted by Crippen LogP contribution is -2.32. The maximum Gasteiger partial charge on any atom is 0.306 e. The summed E-state index contributed by atoms with van der Waals surface area (Å²) in [5, 5.41) is 0. The second-order valence-electron chi connectivity index (χ2n) is 16.9. The van der Waals surface area contributed by atoms with Crippen LogP contribution in [-0.4, -0.2) is 41.9 Å². The van der Waals surface area contributed by atoms with Gasteiger partial charge in [-0.25, -0.2) is 0 Å². The summed E-state index contributed by atoms with van der Waals surface area (Å²) in [6.45, 7) is 15.7. The molecule has 1 saturated heterocycles. The molecule has 2 aliphatic rings. The number of nitrogens with zero attached hydrogens (tertiary/aromatic N) is 1. The standard InChI is InChI=1S/C47H85NO4S/c1-6-10-14-17-19-23-26-40(25-22-16-12-8-3)39(5)52-44(27-24-20-18-15-11-7-2)33-36-51-47(50)38-43-30-29-42(45(43)28-21-13-9-4)37-46(49)41-31-34-48(53)35-32-41/h13,21,40-45,53H,5-12,14-20,22-38H2,1-4H3/b21-13-. The van der Waals surface area contributed by atoms with Crippen LogP contribution in [0.25, 0.3) is 0 Å². The van der Waals surface area contributed by atoms with Gasteiger partial charge in [0.2, 0.25) is 0 Å². The molecule has 0 N–H and O–H groups in total. The Bertz CT molecular complexity index is 976. The molecule has 53 heavy (non-hydrogen) atoms. The third-order valence-corrected chi connectivity index (χ3v) is 12.8. The van der Waals surface area contributed by atoms with Crippen molar-refractivity contribution in [1.29, 1.82) is 0 Å². The monoisotopic (exact) mass is 760 g/mol. The summed E-state index contributed by atoms with van der Waals surface area (Å²) in [4.78, 5) is 26.7. The normalized spacial score (nSPS) is 20.9. The molecule has 2 fully saturated rings. The molecule has 308 valence electrons. The van der Waals surface area contributed by atoms with Crippen molar-refractivity contribution >= 4 is 24.6 Å². The van der Waals surface area contributed by atoms with Crippen LogP contribution in [0, 0.1) is 29.6 Å². The molecule has 0 aromatic rings. The lowest BCUT2D eigenvalue weighted by molar-refractivity contribution is -0.145. The lowest BCUT2D eigenvalue weighted by Gasteiger charge is -2.29. The first-order valence-corrected chi connectivity index (χ1v) is 23.3. The number of carbonyl (C=O) groups excluding carboxylic acids is 2. The summed E-state index contributed by atoms with van der Waals surface area (Å²) in [5.41, 5.74) is 0. The zero-order chi connectivity index (χ0) is 38.5. The van der Waals surface area contributed by atoms with Crippen LogP contribution < -0.4 is 0 Å². The topological polar surface area (TPSA) is 55.8 Å². The van der Waals surface area contributed by atoms with Crippen LogP contribution in [0.3, 0.4) is 0 Å². The minimum absolute atomic E-state index is 0.0485. The fourth-order valence-electron chi connectivity index (χ4n) is 8.92. The zero-order valence-corrected chi connectivity index (χ0v) is 36.2. The number of allylic oxidation sites excluding steroid dienone is 3. The molecule has 0 aromatic heterocycles. The van der Waals surface area contributed by atoms with E-state index in [0.29, 0.717) is 43.0 Å². The molecule has 1 saturated carbocycles. The van der Waals surface area contributed by atoms with E-state index < -0.39 is 0 Å². The average molecular weight is 760 g/mol. The highest BCUT2D eigenvalue weighted by Gasteiger charge is 2.39. The number of esters is 1. The Morgan fingerprint density at radius 3 is 1.81 bits per heavy atom. The van der Waals surface area contributed by atoms with Crippen LogP contribution in [-0.2, 0) is 19.1 Å². The highest BCUT2D eigenvalue weighted by Crippen LogP contribution is 2.44. The average Bonchev–Trinajstić information content (AvgIpc) is 3.51. The predicted octanol–water partition coefficient (Wildman–Crippen LogP) is 13.8. The number of thiol groups is 1. The van der Waals surface area contributed by atoms with Gasteiger partial charge >= 0.3 is 5.97 Å². The molecule has 2 rings (SSSR count). The first-order chi connectivity index (χ1) is 25.8. The molecule has 1 heterocycles. The molecule has 1 aliphatic heterocycles. The van der Waals surface area contributed by atoms with Crippen molar-refractivity contribution in [3.05, 3.63) is 24.5 Å². The van der Waals surface area contributed by atoms with Crippen LogP contribution in [0.15, 0.2) is 24.5 Å². The van der Waals surface area contributed by atoms with Gasteiger partial charge in [0.15, 0.2) is 0 Å². The quantitative estimate of drug-likeness (QED) is 0.0237. The summed E-state index contributed by atoms with van der Waals surface area (Å²) >= 11 is 4.48.